The molecule has 28 heavy (non-hydrogen) atoms. The van der Waals surface area contributed by atoms with Crippen LogP contribution in [0.1, 0.15) is 32.9 Å². The molecule has 0 aliphatic carbocycles. The van der Waals surface area contributed by atoms with Crippen LogP contribution in [-0.4, -0.2) is 44.7 Å². The van der Waals surface area contributed by atoms with Crippen LogP contribution < -0.4 is 10.6 Å². The van der Waals surface area contributed by atoms with E-state index in [1.165, 1.54) is 12.1 Å². The number of fused-ring (bicyclic) bond motifs is 1. The average molecular weight is 386 g/mol. The number of imidazole rings is 1. The molecule has 0 unspecified atom stereocenters. The lowest BCUT2D eigenvalue weighted by Gasteiger charge is -2.28. The van der Waals surface area contributed by atoms with Crippen molar-refractivity contribution in [3.8, 4) is 11.4 Å². The quantitative estimate of drug-likeness (QED) is 0.723. The van der Waals surface area contributed by atoms with E-state index in [-0.39, 0.29) is 5.41 Å². The first-order chi connectivity index (χ1) is 13.3. The Hall–Kier alpha value is -2.61. The highest BCUT2D eigenvalue weighted by Gasteiger charge is 2.25. The molecule has 2 atom stereocenters. The summed E-state index contributed by atoms with van der Waals surface area (Å²) >= 11 is 0. The van der Waals surface area contributed by atoms with E-state index in [9.17, 15) is 8.78 Å². The maximum Gasteiger partial charge on any atom is 0.155 e. The molecule has 0 saturated carbocycles. The molecule has 3 aromatic rings. The van der Waals surface area contributed by atoms with Gasteiger partial charge in [-0.05, 0) is 13.0 Å². The number of aromatic nitrogens is 4. The average Bonchev–Trinajstić information content (AvgIpc) is 3.06. The number of nitrogens with one attached hydrogen (secondary N) is 2. The number of anilines is 1. The number of hydrogen-bond acceptors (Lipinski definition) is 5. The van der Waals surface area contributed by atoms with Gasteiger partial charge < -0.3 is 10.6 Å². The van der Waals surface area contributed by atoms with E-state index in [2.05, 4.69) is 46.4 Å². The van der Waals surface area contributed by atoms with Crippen molar-refractivity contribution in [2.24, 2.45) is 0 Å². The second-order valence-corrected chi connectivity index (χ2v) is 8.21. The monoisotopic (exact) mass is 386 g/mol. The summed E-state index contributed by atoms with van der Waals surface area (Å²) in [6.45, 7) is 7.35. The molecule has 1 saturated heterocycles. The highest BCUT2D eigenvalue weighted by Crippen LogP contribution is 2.26. The summed E-state index contributed by atoms with van der Waals surface area (Å²) < 4.78 is 30.3. The molecule has 148 valence electrons. The van der Waals surface area contributed by atoms with Crippen molar-refractivity contribution >= 4 is 11.5 Å². The minimum absolute atomic E-state index is 0.137. The number of hydrogen-bond donors (Lipinski definition) is 2. The van der Waals surface area contributed by atoms with Crippen molar-refractivity contribution in [2.45, 2.75) is 44.8 Å². The topological polar surface area (TPSA) is 67.1 Å². The van der Waals surface area contributed by atoms with Crippen LogP contribution in [0, 0.1) is 5.82 Å². The fourth-order valence-electron chi connectivity index (χ4n) is 3.33. The lowest BCUT2D eigenvalue weighted by atomic mass is 9.93. The number of nitrogens with zero attached hydrogens (tertiary/aromatic N) is 4. The van der Waals surface area contributed by atoms with Crippen LogP contribution in [-0.2, 0) is 5.41 Å². The number of pyridine rings is 1. The first-order valence-corrected chi connectivity index (χ1v) is 9.44. The van der Waals surface area contributed by atoms with E-state index >= 15 is 0 Å². The summed E-state index contributed by atoms with van der Waals surface area (Å²) in [5, 5.41) is 6.17. The molecule has 0 bridgehead atoms. The molecule has 1 aliphatic rings. The van der Waals surface area contributed by atoms with Crippen molar-refractivity contribution < 1.29 is 8.78 Å². The zero-order valence-corrected chi connectivity index (χ0v) is 16.2. The smallest absolute Gasteiger partial charge is 0.155 e. The van der Waals surface area contributed by atoms with Crippen LogP contribution in [0.3, 0.4) is 0 Å². The predicted octanol–water partition coefficient (Wildman–Crippen LogP) is 3.34. The Morgan fingerprint density at radius 2 is 2.04 bits per heavy atom. The third kappa shape index (κ3) is 3.69. The third-order valence-corrected chi connectivity index (χ3v) is 4.95. The summed E-state index contributed by atoms with van der Waals surface area (Å²) in [6, 6.07) is 2.21. The molecular formula is C20H24F2N6. The molecular weight excluding hydrogens is 362 g/mol. The Labute approximate surface area is 162 Å². The zero-order chi connectivity index (χ0) is 19.9. The van der Waals surface area contributed by atoms with Crippen molar-refractivity contribution in [1.82, 2.24) is 24.7 Å². The first-order valence-electron chi connectivity index (χ1n) is 9.44. The molecule has 4 heterocycles. The summed E-state index contributed by atoms with van der Waals surface area (Å²) in [5.74, 6) is -0.127. The van der Waals surface area contributed by atoms with Crippen LogP contribution in [0.4, 0.5) is 14.6 Å². The fraction of sp³-hybridized carbons (Fsp3) is 0.450. The zero-order valence-electron chi connectivity index (χ0n) is 16.2. The van der Waals surface area contributed by atoms with E-state index in [0.29, 0.717) is 42.4 Å². The number of rotatable bonds is 3. The van der Waals surface area contributed by atoms with Gasteiger partial charge in [-0.3, -0.25) is 9.38 Å². The van der Waals surface area contributed by atoms with Gasteiger partial charge in [0.15, 0.2) is 5.65 Å². The predicted molar refractivity (Wildman–Crippen MR) is 105 cm³/mol. The molecule has 1 fully saturated rings. The van der Waals surface area contributed by atoms with Gasteiger partial charge in [-0.25, -0.2) is 18.7 Å². The van der Waals surface area contributed by atoms with E-state index in [1.54, 1.807) is 12.4 Å². The second-order valence-electron chi connectivity index (χ2n) is 8.21. The molecule has 4 rings (SSSR count). The number of halogens is 2. The molecule has 2 N–H and O–H groups in total. The highest BCUT2D eigenvalue weighted by atomic mass is 19.1. The van der Waals surface area contributed by atoms with Gasteiger partial charge in [-0.15, -0.1) is 0 Å². The Bertz CT molecular complexity index is 994. The molecule has 0 radical (unpaired) electrons. The molecule has 3 aromatic heterocycles. The Morgan fingerprint density at radius 3 is 2.79 bits per heavy atom. The van der Waals surface area contributed by atoms with Crippen LogP contribution in [0.5, 0.6) is 0 Å². The molecule has 0 spiro atoms. The van der Waals surface area contributed by atoms with Gasteiger partial charge in [0, 0.05) is 30.3 Å². The summed E-state index contributed by atoms with van der Waals surface area (Å²) in [5.41, 5.74) is 2.50. The molecule has 6 nitrogen and oxygen atoms in total. The van der Waals surface area contributed by atoms with Crippen molar-refractivity contribution in [3.05, 3.63) is 42.2 Å². The molecule has 0 amide bonds. The van der Waals surface area contributed by atoms with Gasteiger partial charge >= 0.3 is 0 Å². The van der Waals surface area contributed by atoms with Crippen LogP contribution in [0.25, 0.3) is 17.0 Å². The Morgan fingerprint density at radius 1 is 1.21 bits per heavy atom. The van der Waals surface area contributed by atoms with Gasteiger partial charge in [0.1, 0.15) is 17.8 Å². The lowest BCUT2D eigenvalue weighted by Crippen LogP contribution is -2.46. The summed E-state index contributed by atoms with van der Waals surface area (Å²) in [7, 11) is 0. The summed E-state index contributed by atoms with van der Waals surface area (Å²) in [4.78, 5) is 13.3. The van der Waals surface area contributed by atoms with Gasteiger partial charge in [0.2, 0.25) is 0 Å². The second kappa shape index (κ2) is 7.09. The van der Waals surface area contributed by atoms with E-state index in [4.69, 9.17) is 0 Å². The normalized spacial score (nSPS) is 20.5. The first kappa shape index (κ1) is 18.7. The number of alkyl halides is 1. The maximum absolute atomic E-state index is 14.3. The highest BCUT2D eigenvalue weighted by molar-refractivity contribution is 5.62. The lowest BCUT2D eigenvalue weighted by molar-refractivity contribution is 0.241. The van der Waals surface area contributed by atoms with E-state index in [0.717, 1.165) is 5.69 Å². The van der Waals surface area contributed by atoms with E-state index < -0.39 is 18.0 Å². The van der Waals surface area contributed by atoms with Crippen LogP contribution >= 0.6 is 0 Å². The van der Waals surface area contributed by atoms with Crippen molar-refractivity contribution in [2.75, 3.05) is 18.4 Å². The van der Waals surface area contributed by atoms with Crippen LogP contribution in [0.15, 0.2) is 30.7 Å². The van der Waals surface area contributed by atoms with Gasteiger partial charge in [-0.1, -0.05) is 20.8 Å². The van der Waals surface area contributed by atoms with Gasteiger partial charge in [-0.2, -0.15) is 0 Å². The fourth-order valence-corrected chi connectivity index (χ4v) is 3.33. The van der Waals surface area contributed by atoms with Crippen LogP contribution in [0.2, 0.25) is 0 Å². The van der Waals surface area contributed by atoms with Gasteiger partial charge in [0.25, 0.3) is 0 Å². The Kier molecular flexibility index (Phi) is 4.74. The Balaban J connectivity index is 1.72. The SMILES string of the molecule is CC(C)(C)c1cn2c(-c3cc(F)cc(N[C@H]4CNCC[C@@H]4F)n3)cnc2cn1. The molecule has 8 heteroatoms. The molecule has 0 aromatic carbocycles. The number of piperidine rings is 1. The van der Waals surface area contributed by atoms with Crippen molar-refractivity contribution in [1.29, 1.82) is 0 Å². The summed E-state index contributed by atoms with van der Waals surface area (Å²) in [6.07, 6.45) is 4.68. The third-order valence-electron chi connectivity index (χ3n) is 4.95. The standard InChI is InChI=1S/C20H24F2N6/c1-20(2,3)17-11-28-16(9-25-19(28)10-24-17)14-6-12(21)7-18(26-14)27-15-8-23-5-4-13(15)22/h6-7,9-11,13,15,23H,4-5,8H2,1-3H3,(H,26,27)/t13-,15-/m0/s1. The van der Waals surface area contributed by atoms with E-state index in [1.807, 2.05) is 10.6 Å². The maximum atomic E-state index is 14.3. The van der Waals surface area contributed by atoms with Crippen molar-refractivity contribution in [3.63, 3.8) is 0 Å². The minimum atomic E-state index is -0.994. The minimum Gasteiger partial charge on any atom is -0.363 e. The van der Waals surface area contributed by atoms with Gasteiger partial charge in [0.05, 0.1) is 35.5 Å². The molecule has 1 aliphatic heterocycles. The largest absolute Gasteiger partial charge is 0.363 e.